The summed E-state index contributed by atoms with van der Waals surface area (Å²) in [5.74, 6) is 1.11. The van der Waals surface area contributed by atoms with Crippen molar-refractivity contribution in [1.82, 2.24) is 5.32 Å². The van der Waals surface area contributed by atoms with Crippen LogP contribution in [0.3, 0.4) is 0 Å². The Morgan fingerprint density at radius 2 is 1.65 bits per heavy atom. The number of benzene rings is 3. The zero-order valence-corrected chi connectivity index (χ0v) is 20.9. The Morgan fingerprint density at radius 3 is 2.29 bits per heavy atom. The average molecular weight is 527 g/mol. The Labute approximate surface area is 214 Å². The van der Waals surface area contributed by atoms with Gasteiger partial charge < -0.3 is 20.1 Å². The van der Waals surface area contributed by atoms with Crippen molar-refractivity contribution in [3.63, 3.8) is 0 Å². The fourth-order valence-corrected chi connectivity index (χ4v) is 3.51. The van der Waals surface area contributed by atoms with Crippen molar-refractivity contribution >= 4 is 47.0 Å². The summed E-state index contributed by atoms with van der Waals surface area (Å²) in [6.07, 6.45) is 0. The first-order valence-corrected chi connectivity index (χ1v) is 11.2. The predicted molar refractivity (Wildman–Crippen MR) is 139 cm³/mol. The molecule has 34 heavy (non-hydrogen) atoms. The lowest BCUT2D eigenvalue weighted by molar-refractivity contribution is -0.384. The van der Waals surface area contributed by atoms with Crippen LogP contribution < -0.4 is 20.1 Å². The molecule has 0 spiro atoms. The Kier molecular flexibility index (Phi) is 11.2. The highest BCUT2D eigenvalue weighted by atomic mass is 35.5. The number of rotatable bonds is 12. The van der Waals surface area contributed by atoms with Gasteiger partial charge in [-0.25, -0.2) is 0 Å². The molecule has 3 aromatic carbocycles. The molecule has 10 heteroatoms. The van der Waals surface area contributed by atoms with Gasteiger partial charge in [-0.1, -0.05) is 35.3 Å². The topological polar surface area (TPSA) is 85.7 Å². The lowest BCUT2D eigenvalue weighted by Crippen LogP contribution is -2.21. The fourth-order valence-electron chi connectivity index (χ4n) is 3.09. The van der Waals surface area contributed by atoms with E-state index in [0.29, 0.717) is 54.4 Å². The zero-order chi connectivity index (χ0) is 23.6. The molecule has 0 amide bonds. The summed E-state index contributed by atoms with van der Waals surface area (Å²) < 4.78 is 11.7. The Balaban J connectivity index is 0.00000408. The summed E-state index contributed by atoms with van der Waals surface area (Å²) in [6, 6.07) is 17.5. The van der Waals surface area contributed by atoms with E-state index in [1.165, 1.54) is 12.1 Å². The van der Waals surface area contributed by atoms with Crippen LogP contribution in [-0.2, 0) is 13.2 Å². The van der Waals surface area contributed by atoms with Gasteiger partial charge in [0.15, 0.2) is 11.5 Å². The number of nitro groups is 1. The minimum Gasteiger partial charge on any atom is -0.490 e. The predicted octanol–water partition coefficient (Wildman–Crippen LogP) is 6.50. The third kappa shape index (κ3) is 8.25. The number of nitrogens with one attached hydrogen (secondary N) is 2. The molecule has 7 nitrogen and oxygen atoms in total. The highest BCUT2D eigenvalue weighted by molar-refractivity contribution is 6.32. The molecular weight excluding hydrogens is 501 g/mol. The van der Waals surface area contributed by atoms with Crippen molar-refractivity contribution in [1.29, 1.82) is 0 Å². The molecule has 0 atom stereocenters. The summed E-state index contributed by atoms with van der Waals surface area (Å²) in [4.78, 5) is 10.3. The molecule has 0 fully saturated rings. The maximum absolute atomic E-state index is 10.7. The van der Waals surface area contributed by atoms with Gasteiger partial charge >= 0.3 is 0 Å². The number of ether oxygens (including phenoxy) is 2. The van der Waals surface area contributed by atoms with E-state index in [-0.39, 0.29) is 18.1 Å². The van der Waals surface area contributed by atoms with Gasteiger partial charge in [0.25, 0.3) is 5.69 Å². The van der Waals surface area contributed by atoms with E-state index < -0.39 is 4.92 Å². The summed E-state index contributed by atoms with van der Waals surface area (Å²) in [5, 5.41) is 18.4. The Morgan fingerprint density at radius 1 is 0.941 bits per heavy atom. The molecule has 2 N–H and O–H groups in total. The summed E-state index contributed by atoms with van der Waals surface area (Å²) in [5.41, 5.74) is 2.84. The Hall–Kier alpha value is -2.71. The van der Waals surface area contributed by atoms with Crippen molar-refractivity contribution in [2.24, 2.45) is 0 Å². The van der Waals surface area contributed by atoms with Crippen LogP contribution in [0.5, 0.6) is 11.5 Å². The van der Waals surface area contributed by atoms with Crippen LogP contribution in [-0.4, -0.2) is 24.6 Å². The summed E-state index contributed by atoms with van der Waals surface area (Å²) in [6.45, 7) is 4.69. The maximum Gasteiger partial charge on any atom is 0.269 e. The van der Waals surface area contributed by atoms with Gasteiger partial charge in [0, 0.05) is 42.5 Å². The highest BCUT2D eigenvalue weighted by Gasteiger charge is 2.13. The number of hydrogen-bond donors (Lipinski definition) is 2. The van der Waals surface area contributed by atoms with Crippen LogP contribution in [0.4, 0.5) is 11.4 Å². The third-order valence-corrected chi connectivity index (χ3v) is 5.24. The number of non-ortho nitro benzene ring substituents is 1. The molecule has 0 saturated heterocycles. The average Bonchev–Trinajstić information content (AvgIpc) is 2.80. The SMILES string of the molecule is CCOc1cc(CNCCNc2ccc([N+](=O)[O-])cc2)cc(Cl)c1OCc1ccc(Cl)cc1.Cl. The van der Waals surface area contributed by atoms with Crippen molar-refractivity contribution < 1.29 is 14.4 Å². The largest absolute Gasteiger partial charge is 0.490 e. The van der Waals surface area contributed by atoms with E-state index in [0.717, 1.165) is 16.8 Å². The van der Waals surface area contributed by atoms with Crippen LogP contribution in [0.25, 0.3) is 0 Å². The molecule has 0 unspecified atom stereocenters. The highest BCUT2D eigenvalue weighted by Crippen LogP contribution is 2.37. The van der Waals surface area contributed by atoms with Crippen LogP contribution >= 0.6 is 35.6 Å². The molecule has 0 saturated carbocycles. The molecule has 0 aromatic heterocycles. The monoisotopic (exact) mass is 525 g/mol. The normalized spacial score (nSPS) is 10.3. The molecule has 3 aromatic rings. The number of hydrogen-bond acceptors (Lipinski definition) is 6. The minimum absolute atomic E-state index is 0. The van der Waals surface area contributed by atoms with E-state index in [1.807, 2.05) is 43.3 Å². The van der Waals surface area contributed by atoms with Crippen molar-refractivity contribution in [3.8, 4) is 11.5 Å². The lowest BCUT2D eigenvalue weighted by atomic mass is 10.2. The second-order valence-corrected chi connectivity index (χ2v) is 8.00. The molecular formula is C24H26Cl3N3O4. The van der Waals surface area contributed by atoms with Gasteiger partial charge in [-0.05, 0) is 54.4 Å². The van der Waals surface area contributed by atoms with E-state index in [9.17, 15) is 10.1 Å². The van der Waals surface area contributed by atoms with Crippen LogP contribution in [0.1, 0.15) is 18.1 Å². The van der Waals surface area contributed by atoms with Crippen LogP contribution in [0, 0.1) is 10.1 Å². The molecule has 0 bridgehead atoms. The number of halogens is 3. The number of nitrogens with zero attached hydrogens (tertiary/aromatic N) is 1. The first kappa shape index (κ1) is 27.5. The first-order valence-electron chi connectivity index (χ1n) is 10.5. The molecule has 0 aliphatic carbocycles. The quantitative estimate of drug-likeness (QED) is 0.159. The van der Waals surface area contributed by atoms with Crippen LogP contribution in [0.15, 0.2) is 60.7 Å². The van der Waals surface area contributed by atoms with Crippen LogP contribution in [0.2, 0.25) is 10.0 Å². The molecule has 0 aliphatic rings. The molecule has 0 radical (unpaired) electrons. The Bertz CT molecular complexity index is 1060. The second-order valence-electron chi connectivity index (χ2n) is 7.16. The van der Waals surface area contributed by atoms with Crippen molar-refractivity contribution in [2.45, 2.75) is 20.1 Å². The lowest BCUT2D eigenvalue weighted by Gasteiger charge is -2.16. The van der Waals surface area contributed by atoms with Gasteiger partial charge in [-0.15, -0.1) is 12.4 Å². The fraction of sp³-hybridized carbons (Fsp3) is 0.250. The number of anilines is 1. The smallest absolute Gasteiger partial charge is 0.269 e. The maximum atomic E-state index is 10.7. The molecule has 182 valence electrons. The molecule has 3 rings (SSSR count). The van der Waals surface area contributed by atoms with E-state index in [4.69, 9.17) is 32.7 Å². The van der Waals surface area contributed by atoms with Gasteiger partial charge in [0.05, 0.1) is 16.6 Å². The molecule has 0 aliphatic heterocycles. The van der Waals surface area contributed by atoms with E-state index >= 15 is 0 Å². The van der Waals surface area contributed by atoms with Crippen molar-refractivity contribution in [3.05, 3.63) is 92.0 Å². The van der Waals surface area contributed by atoms with E-state index in [2.05, 4.69) is 10.6 Å². The second kappa shape index (κ2) is 13.9. The number of nitro benzene ring substituents is 1. The molecule has 0 heterocycles. The summed E-state index contributed by atoms with van der Waals surface area (Å²) in [7, 11) is 0. The third-order valence-electron chi connectivity index (χ3n) is 4.70. The van der Waals surface area contributed by atoms with Gasteiger partial charge in [-0.3, -0.25) is 10.1 Å². The van der Waals surface area contributed by atoms with Gasteiger partial charge in [-0.2, -0.15) is 0 Å². The van der Waals surface area contributed by atoms with Crippen molar-refractivity contribution in [2.75, 3.05) is 25.0 Å². The first-order chi connectivity index (χ1) is 16.0. The zero-order valence-electron chi connectivity index (χ0n) is 18.6. The standard InChI is InChI=1S/C24H25Cl2N3O4.ClH/c1-2-32-23-14-18(13-22(26)24(23)33-16-17-3-5-19(25)6-4-17)15-27-11-12-28-20-7-9-21(10-8-20)29(30)31;/h3-10,13-14,27-28H,2,11-12,15-16H2,1H3;1H. The van der Waals surface area contributed by atoms with E-state index in [1.54, 1.807) is 12.1 Å². The van der Waals surface area contributed by atoms with Gasteiger partial charge in [0.1, 0.15) is 6.61 Å². The van der Waals surface area contributed by atoms with Gasteiger partial charge in [0.2, 0.25) is 0 Å². The minimum atomic E-state index is -0.416. The summed E-state index contributed by atoms with van der Waals surface area (Å²) >= 11 is 12.4.